The van der Waals surface area contributed by atoms with E-state index >= 15 is 0 Å². The molecular formula is C24H24N+. The number of fused-ring (bicyclic) bond motifs is 3. The van der Waals surface area contributed by atoms with Crippen LogP contribution in [0.5, 0.6) is 0 Å². The SMILES string of the molecule is [2H]c1c(C)[n+](C)c(-c2cc(C)cc(C)c2C)c2c1ccc1ccccc12. The lowest BCUT2D eigenvalue weighted by Crippen LogP contribution is -2.35. The van der Waals surface area contributed by atoms with E-state index in [9.17, 15) is 0 Å². The quantitative estimate of drug-likeness (QED) is 0.311. The maximum atomic E-state index is 8.68. The summed E-state index contributed by atoms with van der Waals surface area (Å²) in [5.41, 5.74) is 7.33. The molecule has 0 aliphatic heterocycles. The highest BCUT2D eigenvalue weighted by Gasteiger charge is 2.22. The van der Waals surface area contributed by atoms with E-state index in [0.29, 0.717) is 6.04 Å². The van der Waals surface area contributed by atoms with Crippen LogP contribution in [-0.2, 0) is 7.05 Å². The minimum absolute atomic E-state index is 0.610. The first-order chi connectivity index (χ1) is 12.4. The summed E-state index contributed by atoms with van der Waals surface area (Å²) in [6.07, 6.45) is 0. The third-order valence-corrected chi connectivity index (χ3v) is 5.39. The van der Waals surface area contributed by atoms with Crippen LogP contribution in [-0.4, -0.2) is 0 Å². The van der Waals surface area contributed by atoms with Gasteiger partial charge < -0.3 is 0 Å². The molecule has 124 valence electrons. The molecule has 0 aliphatic rings. The van der Waals surface area contributed by atoms with E-state index in [1.165, 1.54) is 44.1 Å². The summed E-state index contributed by atoms with van der Waals surface area (Å²) >= 11 is 0. The normalized spacial score (nSPS) is 12.0. The van der Waals surface area contributed by atoms with Gasteiger partial charge in [-0.25, -0.2) is 0 Å². The fourth-order valence-corrected chi connectivity index (χ4v) is 3.85. The Morgan fingerprint density at radius 2 is 1.60 bits per heavy atom. The van der Waals surface area contributed by atoms with Crippen molar-refractivity contribution in [1.29, 1.82) is 0 Å². The zero-order valence-corrected chi connectivity index (χ0v) is 15.6. The molecule has 1 heterocycles. The summed E-state index contributed by atoms with van der Waals surface area (Å²) in [4.78, 5) is 0. The molecule has 3 aromatic carbocycles. The van der Waals surface area contributed by atoms with Crippen LogP contribution in [0.2, 0.25) is 0 Å². The molecule has 4 rings (SSSR count). The first kappa shape index (κ1) is 14.7. The molecule has 0 saturated carbocycles. The van der Waals surface area contributed by atoms with Gasteiger partial charge in [-0.2, -0.15) is 4.57 Å². The molecule has 1 heteroatoms. The summed E-state index contributed by atoms with van der Waals surface area (Å²) in [6, 6.07) is 17.9. The van der Waals surface area contributed by atoms with Crippen LogP contribution in [0.3, 0.4) is 0 Å². The zero-order chi connectivity index (χ0) is 18.6. The molecule has 0 radical (unpaired) electrons. The first-order valence-corrected chi connectivity index (χ1v) is 8.79. The molecule has 0 unspecified atom stereocenters. The van der Waals surface area contributed by atoms with Gasteiger partial charge in [-0.1, -0.05) is 48.0 Å². The van der Waals surface area contributed by atoms with Crippen LogP contribution in [0.1, 0.15) is 23.8 Å². The van der Waals surface area contributed by atoms with E-state index in [4.69, 9.17) is 1.37 Å². The number of benzene rings is 3. The van der Waals surface area contributed by atoms with Crippen molar-refractivity contribution < 1.29 is 5.94 Å². The van der Waals surface area contributed by atoms with E-state index in [2.05, 4.69) is 80.9 Å². The molecule has 0 aliphatic carbocycles. The molecule has 0 bridgehead atoms. The molecule has 1 nitrogen and oxygen atoms in total. The maximum Gasteiger partial charge on any atom is 0.221 e. The number of aryl methyl sites for hydroxylation is 2. The van der Waals surface area contributed by atoms with Crippen molar-refractivity contribution in [2.24, 2.45) is 7.05 Å². The Morgan fingerprint density at radius 3 is 2.40 bits per heavy atom. The minimum atomic E-state index is 0.610. The number of hydrogen-bond acceptors (Lipinski definition) is 0. The van der Waals surface area contributed by atoms with Crippen molar-refractivity contribution in [3.8, 4) is 11.3 Å². The second kappa shape index (κ2) is 5.70. The molecule has 0 atom stereocenters. The Kier molecular flexibility index (Phi) is 3.34. The van der Waals surface area contributed by atoms with Crippen molar-refractivity contribution in [1.82, 2.24) is 0 Å². The molecule has 0 fully saturated rings. The summed E-state index contributed by atoms with van der Waals surface area (Å²) in [6.45, 7) is 8.57. The van der Waals surface area contributed by atoms with Gasteiger partial charge in [-0.15, -0.1) is 0 Å². The molecule has 0 N–H and O–H groups in total. The smallest absolute Gasteiger partial charge is 0.198 e. The number of nitrogens with zero attached hydrogens (tertiary/aromatic N) is 1. The molecule has 25 heavy (non-hydrogen) atoms. The molecule has 0 spiro atoms. The van der Waals surface area contributed by atoms with Crippen molar-refractivity contribution in [2.45, 2.75) is 27.7 Å². The van der Waals surface area contributed by atoms with Gasteiger partial charge in [0.2, 0.25) is 5.69 Å². The molecular weight excluding hydrogens is 302 g/mol. The standard InChI is InChI=1S/C24H24N/c1-15-12-16(2)18(4)22(13-15)24-23-20(14-17(3)25(24)5)11-10-19-8-6-7-9-21(19)23/h6-14H,1-5H3/q+1/i14D. The predicted octanol–water partition coefficient (Wildman–Crippen LogP) is 5.72. The third-order valence-electron chi connectivity index (χ3n) is 5.39. The average molecular weight is 327 g/mol. The second-order valence-electron chi connectivity index (χ2n) is 7.08. The highest BCUT2D eigenvalue weighted by molar-refractivity contribution is 6.12. The summed E-state index contributed by atoms with van der Waals surface area (Å²) in [5, 5.41) is 4.62. The zero-order valence-electron chi connectivity index (χ0n) is 16.6. The van der Waals surface area contributed by atoms with Crippen molar-refractivity contribution >= 4 is 21.5 Å². The first-order valence-electron chi connectivity index (χ1n) is 9.29. The van der Waals surface area contributed by atoms with Crippen LogP contribution < -0.4 is 4.57 Å². The van der Waals surface area contributed by atoms with Gasteiger partial charge >= 0.3 is 0 Å². The van der Waals surface area contributed by atoms with Gasteiger partial charge in [0.15, 0.2) is 5.69 Å². The number of pyridine rings is 1. The largest absolute Gasteiger partial charge is 0.221 e. The van der Waals surface area contributed by atoms with Crippen LogP contribution in [0.15, 0.2) is 54.6 Å². The molecule has 1 aromatic heterocycles. The van der Waals surface area contributed by atoms with Crippen LogP contribution in [0.4, 0.5) is 0 Å². The Hall–Kier alpha value is -2.67. The lowest BCUT2D eigenvalue weighted by atomic mass is 9.92. The van der Waals surface area contributed by atoms with E-state index in [1.807, 2.05) is 6.92 Å². The van der Waals surface area contributed by atoms with Crippen molar-refractivity contribution in [3.05, 3.63) is 77.0 Å². The summed E-state index contributed by atoms with van der Waals surface area (Å²) in [7, 11) is 2.08. The fraction of sp³-hybridized carbons (Fsp3) is 0.208. The van der Waals surface area contributed by atoms with Gasteiger partial charge in [0, 0.05) is 13.0 Å². The summed E-state index contributed by atoms with van der Waals surface area (Å²) < 4.78 is 10.9. The van der Waals surface area contributed by atoms with Crippen LogP contribution in [0, 0.1) is 27.7 Å². The minimum Gasteiger partial charge on any atom is -0.198 e. The van der Waals surface area contributed by atoms with E-state index < -0.39 is 0 Å². The van der Waals surface area contributed by atoms with Gasteiger partial charge in [0.05, 0.1) is 12.3 Å². The van der Waals surface area contributed by atoms with Crippen LogP contribution in [0.25, 0.3) is 32.8 Å². The molecule has 4 aromatic rings. The van der Waals surface area contributed by atoms with Gasteiger partial charge in [0.1, 0.15) is 7.05 Å². The Morgan fingerprint density at radius 1 is 0.880 bits per heavy atom. The van der Waals surface area contributed by atoms with Crippen molar-refractivity contribution in [2.75, 3.05) is 0 Å². The summed E-state index contributed by atoms with van der Waals surface area (Å²) in [5.74, 6) is 0. The number of aromatic nitrogens is 1. The molecule has 0 amide bonds. The van der Waals surface area contributed by atoms with Crippen LogP contribution >= 0.6 is 0 Å². The lowest BCUT2D eigenvalue weighted by Gasteiger charge is -2.14. The predicted molar refractivity (Wildman–Crippen MR) is 107 cm³/mol. The van der Waals surface area contributed by atoms with Gasteiger partial charge in [-0.05, 0) is 54.1 Å². The van der Waals surface area contributed by atoms with Crippen molar-refractivity contribution in [3.63, 3.8) is 0 Å². The van der Waals surface area contributed by atoms with Gasteiger partial charge in [0.25, 0.3) is 0 Å². The average Bonchev–Trinajstić information content (AvgIpc) is 2.63. The molecule has 0 saturated heterocycles. The maximum absolute atomic E-state index is 8.68. The highest BCUT2D eigenvalue weighted by Crippen LogP contribution is 2.35. The van der Waals surface area contributed by atoms with Gasteiger partial charge in [-0.3, -0.25) is 0 Å². The monoisotopic (exact) mass is 327 g/mol. The van der Waals surface area contributed by atoms with E-state index in [1.54, 1.807) is 0 Å². The second-order valence-corrected chi connectivity index (χ2v) is 7.08. The lowest BCUT2D eigenvalue weighted by molar-refractivity contribution is -0.665. The topological polar surface area (TPSA) is 3.88 Å². The Labute approximate surface area is 151 Å². The number of rotatable bonds is 1. The number of hydrogen-bond donors (Lipinski definition) is 0. The van der Waals surface area contributed by atoms with E-state index in [-0.39, 0.29) is 0 Å². The van der Waals surface area contributed by atoms with E-state index in [0.717, 1.165) is 11.1 Å². The Balaban J connectivity index is 2.31. The third kappa shape index (κ3) is 2.42. The Bertz CT molecular complexity index is 1190. The highest BCUT2D eigenvalue weighted by atomic mass is 14.9. The fourth-order valence-electron chi connectivity index (χ4n) is 3.85.